The zero-order valence-corrected chi connectivity index (χ0v) is 11.0. The van der Waals surface area contributed by atoms with Crippen LogP contribution in [0.1, 0.15) is 4.88 Å². The first-order chi connectivity index (χ1) is 7.95. The van der Waals surface area contributed by atoms with Crippen molar-refractivity contribution in [2.75, 3.05) is 13.2 Å². The second-order valence-electron chi connectivity index (χ2n) is 3.27. The summed E-state index contributed by atoms with van der Waals surface area (Å²) in [5.74, 6) is 0.681. The molecule has 2 aromatic rings. The number of nitrogens with zero attached hydrogens (tertiary/aromatic N) is 1. The van der Waals surface area contributed by atoms with Gasteiger partial charge in [0.15, 0.2) is 0 Å². The number of rotatable bonds is 6. The van der Waals surface area contributed by atoms with Gasteiger partial charge in [0.1, 0.15) is 6.61 Å². The topological polar surface area (TPSA) is 34.1 Å². The van der Waals surface area contributed by atoms with Crippen molar-refractivity contribution in [1.82, 2.24) is 10.3 Å². The predicted molar refractivity (Wildman–Crippen MR) is 73.0 cm³/mol. The van der Waals surface area contributed by atoms with E-state index in [4.69, 9.17) is 4.74 Å². The Bertz CT molecular complexity index is 394. The average molecular weight is 271 g/mol. The van der Waals surface area contributed by atoms with Gasteiger partial charge in [0, 0.05) is 30.2 Å². The summed E-state index contributed by atoms with van der Waals surface area (Å²) in [7, 11) is 0. The zero-order valence-electron chi connectivity index (χ0n) is 9.33. The summed E-state index contributed by atoms with van der Waals surface area (Å²) in [6.45, 7) is 2.38. The van der Waals surface area contributed by atoms with Gasteiger partial charge < -0.3 is 10.1 Å². The molecule has 0 aliphatic rings. The summed E-state index contributed by atoms with van der Waals surface area (Å²) >= 11 is 1.76. The number of thiophene rings is 1. The molecule has 0 atom stereocenters. The fraction of sp³-hybridized carbons (Fsp3) is 0.250. The Balaban J connectivity index is 0.00000144. The van der Waals surface area contributed by atoms with Crippen LogP contribution in [0.3, 0.4) is 0 Å². The number of hydrogen-bond donors (Lipinski definition) is 1. The highest BCUT2D eigenvalue weighted by atomic mass is 35.5. The third-order valence-corrected chi connectivity index (χ3v) is 2.92. The third-order valence-electron chi connectivity index (χ3n) is 2.05. The molecule has 0 unspecified atom stereocenters. The highest BCUT2D eigenvalue weighted by Crippen LogP contribution is 2.07. The molecule has 0 saturated heterocycles. The van der Waals surface area contributed by atoms with Crippen LogP contribution in [0.25, 0.3) is 0 Å². The van der Waals surface area contributed by atoms with Crippen LogP contribution in [0.2, 0.25) is 0 Å². The largest absolute Gasteiger partial charge is 0.476 e. The summed E-state index contributed by atoms with van der Waals surface area (Å²) in [6.07, 6.45) is 1.73. The molecule has 17 heavy (non-hydrogen) atoms. The normalized spacial score (nSPS) is 9.65. The van der Waals surface area contributed by atoms with Gasteiger partial charge in [-0.1, -0.05) is 12.1 Å². The van der Waals surface area contributed by atoms with Crippen LogP contribution in [0, 0.1) is 0 Å². The van der Waals surface area contributed by atoms with Gasteiger partial charge >= 0.3 is 0 Å². The van der Waals surface area contributed by atoms with E-state index in [0.29, 0.717) is 12.5 Å². The standard InChI is InChI=1S/C12H14N2OS.ClH/c1-2-6-14-12(5-1)15-8-7-13-10-11-4-3-9-16-11;/h1-6,9,13H,7-8,10H2;1H. The van der Waals surface area contributed by atoms with E-state index >= 15 is 0 Å². The summed E-state index contributed by atoms with van der Waals surface area (Å²) in [5.41, 5.74) is 0. The van der Waals surface area contributed by atoms with E-state index in [1.807, 2.05) is 18.2 Å². The molecule has 0 amide bonds. The van der Waals surface area contributed by atoms with Gasteiger partial charge in [-0.05, 0) is 17.5 Å². The first-order valence-corrected chi connectivity index (χ1v) is 6.10. The van der Waals surface area contributed by atoms with E-state index in [2.05, 4.69) is 27.8 Å². The second-order valence-corrected chi connectivity index (χ2v) is 4.30. The fourth-order valence-corrected chi connectivity index (χ4v) is 1.96. The van der Waals surface area contributed by atoms with E-state index in [1.54, 1.807) is 17.5 Å². The Morgan fingerprint density at radius 3 is 2.88 bits per heavy atom. The lowest BCUT2D eigenvalue weighted by atomic mass is 10.4. The molecule has 0 saturated carbocycles. The molecule has 0 fully saturated rings. The van der Waals surface area contributed by atoms with Crippen molar-refractivity contribution in [2.24, 2.45) is 0 Å². The van der Waals surface area contributed by atoms with Crippen LogP contribution in [0.4, 0.5) is 0 Å². The van der Waals surface area contributed by atoms with Crippen LogP contribution >= 0.6 is 23.7 Å². The van der Waals surface area contributed by atoms with Gasteiger partial charge in [-0.25, -0.2) is 4.98 Å². The van der Waals surface area contributed by atoms with Crippen LogP contribution in [0.15, 0.2) is 41.9 Å². The van der Waals surface area contributed by atoms with E-state index in [9.17, 15) is 0 Å². The molecule has 0 aromatic carbocycles. The molecule has 0 radical (unpaired) electrons. The minimum atomic E-state index is 0. The first kappa shape index (κ1) is 14.0. The maximum atomic E-state index is 5.46. The van der Waals surface area contributed by atoms with Gasteiger partial charge in [-0.3, -0.25) is 0 Å². The number of ether oxygens (including phenoxy) is 1. The lowest BCUT2D eigenvalue weighted by Crippen LogP contribution is -2.20. The highest BCUT2D eigenvalue weighted by Gasteiger charge is 1.94. The number of nitrogens with one attached hydrogen (secondary N) is 1. The van der Waals surface area contributed by atoms with Crippen molar-refractivity contribution >= 4 is 23.7 Å². The fourth-order valence-electron chi connectivity index (χ4n) is 1.28. The number of pyridine rings is 1. The van der Waals surface area contributed by atoms with E-state index in [0.717, 1.165) is 13.1 Å². The molecule has 2 aromatic heterocycles. The molecular weight excluding hydrogens is 256 g/mol. The monoisotopic (exact) mass is 270 g/mol. The average Bonchev–Trinajstić information content (AvgIpc) is 2.83. The Morgan fingerprint density at radius 1 is 1.24 bits per heavy atom. The van der Waals surface area contributed by atoms with E-state index in [1.165, 1.54) is 4.88 Å². The molecular formula is C12H15ClN2OS. The molecule has 2 heterocycles. The minimum absolute atomic E-state index is 0. The van der Waals surface area contributed by atoms with Crippen LogP contribution in [0.5, 0.6) is 5.88 Å². The lowest BCUT2D eigenvalue weighted by molar-refractivity contribution is 0.302. The van der Waals surface area contributed by atoms with Crippen LogP contribution in [-0.2, 0) is 6.54 Å². The summed E-state index contributed by atoms with van der Waals surface area (Å²) < 4.78 is 5.46. The maximum Gasteiger partial charge on any atom is 0.213 e. The minimum Gasteiger partial charge on any atom is -0.476 e. The number of hydrogen-bond acceptors (Lipinski definition) is 4. The van der Waals surface area contributed by atoms with Gasteiger partial charge in [-0.2, -0.15) is 0 Å². The predicted octanol–water partition coefficient (Wildman–Crippen LogP) is 2.73. The lowest BCUT2D eigenvalue weighted by Gasteiger charge is -2.05. The van der Waals surface area contributed by atoms with Crippen molar-refractivity contribution in [1.29, 1.82) is 0 Å². The molecule has 0 spiro atoms. The van der Waals surface area contributed by atoms with Gasteiger partial charge in [0.2, 0.25) is 5.88 Å². The summed E-state index contributed by atoms with van der Waals surface area (Å²) in [6, 6.07) is 9.84. The van der Waals surface area contributed by atoms with Crippen molar-refractivity contribution in [3.63, 3.8) is 0 Å². The van der Waals surface area contributed by atoms with E-state index in [-0.39, 0.29) is 12.4 Å². The molecule has 0 aliphatic carbocycles. The quantitative estimate of drug-likeness (QED) is 0.820. The Labute approximate surface area is 111 Å². The maximum absolute atomic E-state index is 5.46. The second kappa shape index (κ2) is 8.06. The van der Waals surface area contributed by atoms with Gasteiger partial charge in [0.25, 0.3) is 0 Å². The third kappa shape index (κ3) is 5.17. The Hall–Kier alpha value is -1.10. The van der Waals surface area contributed by atoms with Crippen molar-refractivity contribution in [3.8, 4) is 5.88 Å². The molecule has 5 heteroatoms. The van der Waals surface area contributed by atoms with Crippen LogP contribution in [-0.4, -0.2) is 18.1 Å². The molecule has 0 aliphatic heterocycles. The van der Waals surface area contributed by atoms with Gasteiger partial charge in [-0.15, -0.1) is 23.7 Å². The van der Waals surface area contributed by atoms with Gasteiger partial charge in [0.05, 0.1) is 0 Å². The number of halogens is 1. The Kier molecular flexibility index (Phi) is 6.62. The molecule has 92 valence electrons. The molecule has 1 N–H and O–H groups in total. The Morgan fingerprint density at radius 2 is 2.18 bits per heavy atom. The van der Waals surface area contributed by atoms with Crippen molar-refractivity contribution < 1.29 is 4.74 Å². The zero-order chi connectivity index (χ0) is 11.1. The summed E-state index contributed by atoms with van der Waals surface area (Å²) in [4.78, 5) is 5.42. The highest BCUT2D eigenvalue weighted by molar-refractivity contribution is 7.09. The van der Waals surface area contributed by atoms with Crippen molar-refractivity contribution in [2.45, 2.75) is 6.54 Å². The SMILES string of the molecule is Cl.c1ccc(OCCNCc2cccs2)nc1. The van der Waals surface area contributed by atoms with E-state index < -0.39 is 0 Å². The number of aromatic nitrogens is 1. The summed E-state index contributed by atoms with van der Waals surface area (Å²) in [5, 5.41) is 5.40. The molecule has 3 nitrogen and oxygen atoms in total. The smallest absolute Gasteiger partial charge is 0.213 e. The molecule has 2 rings (SSSR count). The molecule has 0 bridgehead atoms. The first-order valence-electron chi connectivity index (χ1n) is 5.22. The van der Waals surface area contributed by atoms with Crippen LogP contribution < -0.4 is 10.1 Å². The van der Waals surface area contributed by atoms with Crippen molar-refractivity contribution in [3.05, 3.63) is 46.8 Å².